The van der Waals surface area contributed by atoms with Crippen molar-refractivity contribution in [3.8, 4) is 0 Å². The molecule has 0 bridgehead atoms. The number of anilines is 1. The zero-order chi connectivity index (χ0) is 32.7. The van der Waals surface area contributed by atoms with Gasteiger partial charge in [0.1, 0.15) is 12.6 Å². The van der Waals surface area contributed by atoms with E-state index >= 15 is 0 Å². The summed E-state index contributed by atoms with van der Waals surface area (Å²) in [5.74, 6) is -0.911. The summed E-state index contributed by atoms with van der Waals surface area (Å²) in [6.07, 6.45) is 0.210. The van der Waals surface area contributed by atoms with Crippen LogP contribution in [0.2, 0.25) is 10.0 Å². The van der Waals surface area contributed by atoms with Crippen LogP contribution in [0.1, 0.15) is 36.1 Å². The van der Waals surface area contributed by atoms with Gasteiger partial charge in [0.05, 0.1) is 20.6 Å². The maximum Gasteiger partial charge on any atom is 0.264 e. The van der Waals surface area contributed by atoms with Crippen molar-refractivity contribution in [2.75, 3.05) is 10.8 Å². The molecule has 0 aromatic heterocycles. The SMILES string of the molecule is Cc1cc(C)cc(N(CC(=O)N(Cc2ccc(Cl)c(Cl)c2)C(Cc2ccccc2)C(=O)NC(C)C)S(=O)(=O)c2ccccc2)c1. The lowest BCUT2D eigenvalue weighted by Gasteiger charge is -2.34. The van der Waals surface area contributed by atoms with Crippen molar-refractivity contribution in [2.45, 2.75) is 57.6 Å². The molecule has 0 fully saturated rings. The molecular formula is C35H37Cl2N3O4S. The molecule has 0 aliphatic heterocycles. The molecule has 1 atom stereocenters. The van der Waals surface area contributed by atoms with Crippen molar-refractivity contribution in [1.82, 2.24) is 10.2 Å². The van der Waals surface area contributed by atoms with E-state index < -0.39 is 28.5 Å². The molecule has 7 nitrogen and oxygen atoms in total. The third kappa shape index (κ3) is 8.87. The Kier molecular flexibility index (Phi) is 11.3. The number of sulfonamides is 1. The molecule has 236 valence electrons. The fourth-order valence-electron chi connectivity index (χ4n) is 5.11. The Morgan fingerprint density at radius 2 is 1.38 bits per heavy atom. The van der Waals surface area contributed by atoms with Crippen LogP contribution in [0.3, 0.4) is 0 Å². The van der Waals surface area contributed by atoms with Crippen LogP contribution < -0.4 is 9.62 Å². The van der Waals surface area contributed by atoms with Crippen LogP contribution in [-0.4, -0.2) is 43.8 Å². The predicted octanol–water partition coefficient (Wildman–Crippen LogP) is 6.97. The molecule has 45 heavy (non-hydrogen) atoms. The maximum atomic E-state index is 14.5. The van der Waals surface area contributed by atoms with Crippen LogP contribution in [0.4, 0.5) is 5.69 Å². The fraction of sp³-hybridized carbons (Fsp3) is 0.257. The Labute approximate surface area is 275 Å². The molecule has 0 radical (unpaired) electrons. The summed E-state index contributed by atoms with van der Waals surface area (Å²) < 4.78 is 29.4. The van der Waals surface area contributed by atoms with E-state index in [0.717, 1.165) is 21.0 Å². The molecule has 1 N–H and O–H groups in total. The van der Waals surface area contributed by atoms with Gasteiger partial charge in [-0.15, -0.1) is 0 Å². The minimum Gasteiger partial charge on any atom is -0.352 e. The molecule has 0 aliphatic carbocycles. The topological polar surface area (TPSA) is 86.8 Å². The van der Waals surface area contributed by atoms with E-state index in [2.05, 4.69) is 5.32 Å². The highest BCUT2D eigenvalue weighted by molar-refractivity contribution is 7.92. The maximum absolute atomic E-state index is 14.5. The lowest BCUT2D eigenvalue weighted by molar-refractivity contribution is -0.140. The second kappa shape index (κ2) is 15.0. The third-order valence-electron chi connectivity index (χ3n) is 7.14. The summed E-state index contributed by atoms with van der Waals surface area (Å²) in [5.41, 5.74) is 3.52. The van der Waals surface area contributed by atoms with Crippen molar-refractivity contribution in [3.63, 3.8) is 0 Å². The van der Waals surface area contributed by atoms with Crippen LogP contribution in [0, 0.1) is 13.8 Å². The van der Waals surface area contributed by atoms with Gasteiger partial charge in [0.2, 0.25) is 11.8 Å². The van der Waals surface area contributed by atoms with E-state index in [-0.39, 0.29) is 29.8 Å². The first-order valence-corrected chi connectivity index (χ1v) is 16.8. The summed E-state index contributed by atoms with van der Waals surface area (Å²) in [4.78, 5) is 29.8. The quantitative estimate of drug-likeness (QED) is 0.177. The van der Waals surface area contributed by atoms with Crippen molar-refractivity contribution >= 4 is 50.7 Å². The minimum atomic E-state index is -4.18. The number of aryl methyl sites for hydroxylation is 2. The van der Waals surface area contributed by atoms with E-state index in [1.54, 1.807) is 48.5 Å². The molecule has 0 saturated heterocycles. The highest BCUT2D eigenvalue weighted by Crippen LogP contribution is 2.28. The first-order chi connectivity index (χ1) is 21.3. The van der Waals surface area contributed by atoms with Gasteiger partial charge in [-0.2, -0.15) is 0 Å². The van der Waals surface area contributed by atoms with E-state index in [9.17, 15) is 18.0 Å². The van der Waals surface area contributed by atoms with Gasteiger partial charge in [0, 0.05) is 19.0 Å². The Morgan fingerprint density at radius 1 is 0.778 bits per heavy atom. The number of halogens is 2. The summed E-state index contributed by atoms with van der Waals surface area (Å²) >= 11 is 12.5. The van der Waals surface area contributed by atoms with Gasteiger partial charge in [-0.25, -0.2) is 8.42 Å². The fourth-order valence-corrected chi connectivity index (χ4v) is 6.85. The van der Waals surface area contributed by atoms with Gasteiger partial charge in [-0.1, -0.05) is 83.9 Å². The molecular weight excluding hydrogens is 629 g/mol. The second-order valence-electron chi connectivity index (χ2n) is 11.3. The molecule has 2 amide bonds. The number of carbonyl (C=O) groups excluding carboxylic acids is 2. The van der Waals surface area contributed by atoms with Crippen LogP contribution in [-0.2, 0) is 32.6 Å². The number of carbonyl (C=O) groups is 2. The van der Waals surface area contributed by atoms with Gasteiger partial charge in [-0.3, -0.25) is 13.9 Å². The highest BCUT2D eigenvalue weighted by atomic mass is 35.5. The first-order valence-electron chi connectivity index (χ1n) is 14.6. The van der Waals surface area contributed by atoms with Gasteiger partial charge in [0.15, 0.2) is 0 Å². The van der Waals surface area contributed by atoms with Crippen LogP contribution >= 0.6 is 23.2 Å². The molecule has 0 saturated carbocycles. The van der Waals surface area contributed by atoms with E-state index in [4.69, 9.17) is 23.2 Å². The summed E-state index contributed by atoms with van der Waals surface area (Å²) in [5, 5.41) is 3.60. The smallest absolute Gasteiger partial charge is 0.264 e. The van der Waals surface area contributed by atoms with Crippen molar-refractivity contribution in [2.24, 2.45) is 0 Å². The first kappa shape index (κ1) is 34.0. The molecule has 0 spiro atoms. The van der Waals surface area contributed by atoms with E-state index in [0.29, 0.717) is 21.3 Å². The Morgan fingerprint density at radius 3 is 1.96 bits per heavy atom. The lowest BCUT2D eigenvalue weighted by Crippen LogP contribution is -2.54. The van der Waals surface area contributed by atoms with Gasteiger partial charge < -0.3 is 10.2 Å². The number of rotatable bonds is 12. The normalized spacial score (nSPS) is 12.1. The van der Waals surface area contributed by atoms with Crippen molar-refractivity contribution in [3.05, 3.63) is 129 Å². The van der Waals surface area contributed by atoms with E-state index in [1.807, 2.05) is 64.1 Å². The monoisotopic (exact) mass is 665 g/mol. The summed E-state index contributed by atoms with van der Waals surface area (Å²) in [7, 11) is -4.18. The van der Waals surface area contributed by atoms with Crippen LogP contribution in [0.5, 0.6) is 0 Å². The zero-order valence-electron chi connectivity index (χ0n) is 25.7. The number of benzene rings is 4. The van der Waals surface area contributed by atoms with Gasteiger partial charge in [-0.05, 0) is 86.3 Å². The third-order valence-corrected chi connectivity index (χ3v) is 9.67. The van der Waals surface area contributed by atoms with Crippen molar-refractivity contribution in [1.29, 1.82) is 0 Å². The average molecular weight is 667 g/mol. The molecule has 10 heteroatoms. The number of nitrogens with one attached hydrogen (secondary N) is 1. The molecule has 0 aliphatic rings. The number of nitrogens with zero attached hydrogens (tertiary/aromatic N) is 2. The Hall–Kier alpha value is -3.85. The summed E-state index contributed by atoms with van der Waals surface area (Å²) in [6.45, 7) is 6.88. The van der Waals surface area contributed by atoms with Crippen LogP contribution in [0.25, 0.3) is 0 Å². The molecule has 0 heterocycles. The molecule has 4 rings (SSSR count). The highest BCUT2D eigenvalue weighted by Gasteiger charge is 2.35. The standard InChI is InChI=1S/C35H37Cl2N3O4S/c1-24(2)38-35(42)33(21-27-11-7-5-8-12-27)39(22-28-15-16-31(36)32(37)20-28)34(41)23-40(29-18-25(3)17-26(4)19-29)45(43,44)30-13-9-6-10-14-30/h5-20,24,33H,21-23H2,1-4H3,(H,38,42). The molecule has 4 aromatic carbocycles. The largest absolute Gasteiger partial charge is 0.352 e. The Balaban J connectivity index is 1.84. The average Bonchev–Trinajstić information content (AvgIpc) is 2.99. The van der Waals surface area contributed by atoms with Crippen LogP contribution in [0.15, 0.2) is 102 Å². The second-order valence-corrected chi connectivity index (χ2v) is 14.0. The zero-order valence-corrected chi connectivity index (χ0v) is 28.0. The number of amides is 2. The predicted molar refractivity (Wildman–Crippen MR) is 181 cm³/mol. The minimum absolute atomic E-state index is 0.00912. The Bertz CT molecular complexity index is 1730. The summed E-state index contributed by atoms with van der Waals surface area (Å²) in [6, 6.07) is 26.6. The number of hydrogen-bond acceptors (Lipinski definition) is 4. The molecule has 1 unspecified atom stereocenters. The number of hydrogen-bond donors (Lipinski definition) is 1. The van der Waals surface area contributed by atoms with Crippen molar-refractivity contribution < 1.29 is 18.0 Å². The lowest BCUT2D eigenvalue weighted by atomic mass is 10.0. The van der Waals surface area contributed by atoms with Gasteiger partial charge in [0.25, 0.3) is 10.0 Å². The van der Waals surface area contributed by atoms with E-state index in [1.165, 1.54) is 17.0 Å². The van der Waals surface area contributed by atoms with Gasteiger partial charge >= 0.3 is 0 Å². The molecule has 4 aromatic rings.